The van der Waals surface area contributed by atoms with Crippen molar-refractivity contribution in [2.45, 2.75) is 51.9 Å². The number of nitriles is 1. The van der Waals surface area contributed by atoms with Crippen molar-refractivity contribution in [3.63, 3.8) is 0 Å². The monoisotopic (exact) mass is 512 g/mol. The van der Waals surface area contributed by atoms with E-state index in [9.17, 15) is 14.9 Å². The van der Waals surface area contributed by atoms with E-state index in [-0.39, 0.29) is 29.0 Å². The first-order chi connectivity index (χ1) is 17.8. The highest BCUT2D eigenvalue weighted by Gasteiger charge is 2.23. The van der Waals surface area contributed by atoms with E-state index in [0.29, 0.717) is 27.1 Å². The van der Waals surface area contributed by atoms with E-state index in [0.717, 1.165) is 41.7 Å². The van der Waals surface area contributed by atoms with Crippen LogP contribution in [-0.4, -0.2) is 12.5 Å². The normalized spacial score (nSPS) is 13.1. The fourth-order valence-electron chi connectivity index (χ4n) is 4.64. The summed E-state index contributed by atoms with van der Waals surface area (Å²) < 4.78 is 12.0. The maximum Gasteiger partial charge on any atom is 0.262 e. The van der Waals surface area contributed by atoms with Crippen molar-refractivity contribution >= 4 is 33.2 Å². The molecule has 0 radical (unpaired) electrons. The van der Waals surface area contributed by atoms with Crippen LogP contribution in [0.1, 0.15) is 55.2 Å². The van der Waals surface area contributed by atoms with Gasteiger partial charge in [-0.25, -0.2) is 0 Å². The van der Waals surface area contributed by atoms with Gasteiger partial charge in [-0.1, -0.05) is 57.2 Å². The molecule has 0 atom stereocenters. The van der Waals surface area contributed by atoms with E-state index in [2.05, 4.69) is 32.2 Å². The number of para-hydroxylation sites is 1. The van der Waals surface area contributed by atoms with Gasteiger partial charge in [0.15, 0.2) is 12.4 Å². The Kier molecular flexibility index (Phi) is 6.61. The fraction of sp³-hybridized carbons (Fsp3) is 0.300. The Morgan fingerprint density at radius 3 is 2.57 bits per heavy atom. The van der Waals surface area contributed by atoms with Gasteiger partial charge in [-0.15, -0.1) is 11.3 Å². The van der Waals surface area contributed by atoms with Gasteiger partial charge in [0.05, 0.1) is 10.9 Å². The zero-order valence-electron chi connectivity index (χ0n) is 21.1. The van der Waals surface area contributed by atoms with E-state index in [1.807, 2.05) is 24.3 Å². The number of carbonyl (C=O) groups excluding carboxylic acids is 1. The Bertz CT molecular complexity index is 1580. The lowest BCUT2D eigenvalue weighted by Gasteiger charge is -2.19. The van der Waals surface area contributed by atoms with Gasteiger partial charge in [-0.3, -0.25) is 9.59 Å². The first-order valence-corrected chi connectivity index (χ1v) is 13.2. The summed E-state index contributed by atoms with van der Waals surface area (Å²) in [6, 6.07) is 17.0. The van der Waals surface area contributed by atoms with Crippen molar-refractivity contribution in [3.05, 3.63) is 80.3 Å². The summed E-state index contributed by atoms with van der Waals surface area (Å²) in [5, 5.41) is 13.4. The summed E-state index contributed by atoms with van der Waals surface area (Å²) in [4.78, 5) is 27.4. The van der Waals surface area contributed by atoms with Gasteiger partial charge in [0.2, 0.25) is 11.2 Å². The predicted molar refractivity (Wildman–Crippen MR) is 146 cm³/mol. The Hall–Kier alpha value is -3.89. The van der Waals surface area contributed by atoms with Crippen molar-refractivity contribution in [1.82, 2.24) is 0 Å². The molecule has 1 aliphatic rings. The Labute approximate surface area is 219 Å². The third kappa shape index (κ3) is 4.90. The molecule has 6 nitrogen and oxygen atoms in total. The SMILES string of the molecule is CC(C)(C)c1ccc(-c2oc3ccccc3c(=O)c2OCC(=O)Nc2sc3c(c2C#N)CCCC3)cc1. The molecule has 1 amide bonds. The summed E-state index contributed by atoms with van der Waals surface area (Å²) in [5.41, 5.74) is 3.50. The van der Waals surface area contributed by atoms with Gasteiger partial charge in [0.1, 0.15) is 16.7 Å². The highest BCUT2D eigenvalue weighted by molar-refractivity contribution is 7.16. The quantitative estimate of drug-likeness (QED) is 0.326. The van der Waals surface area contributed by atoms with Crippen LogP contribution in [0.3, 0.4) is 0 Å². The molecule has 5 rings (SSSR count). The van der Waals surface area contributed by atoms with Crippen LogP contribution in [0.25, 0.3) is 22.3 Å². The fourth-order valence-corrected chi connectivity index (χ4v) is 5.90. The zero-order chi connectivity index (χ0) is 26.2. The molecule has 1 aliphatic carbocycles. The third-order valence-electron chi connectivity index (χ3n) is 6.65. The lowest BCUT2D eigenvalue weighted by Crippen LogP contribution is -2.22. The molecule has 0 unspecified atom stereocenters. The molecule has 188 valence electrons. The summed E-state index contributed by atoms with van der Waals surface area (Å²) in [7, 11) is 0. The number of benzene rings is 2. The average molecular weight is 513 g/mol. The van der Waals surface area contributed by atoms with E-state index in [4.69, 9.17) is 9.15 Å². The number of hydrogen-bond acceptors (Lipinski definition) is 6. The van der Waals surface area contributed by atoms with Gasteiger partial charge in [0.25, 0.3) is 5.91 Å². The van der Waals surface area contributed by atoms with Crippen molar-refractivity contribution in [1.29, 1.82) is 5.26 Å². The van der Waals surface area contributed by atoms with Gasteiger partial charge in [0, 0.05) is 10.4 Å². The van der Waals surface area contributed by atoms with E-state index < -0.39 is 5.91 Å². The van der Waals surface area contributed by atoms with E-state index in [1.165, 1.54) is 11.3 Å². The molecular formula is C30H28N2O4S. The molecule has 0 aliphatic heterocycles. The molecule has 0 fully saturated rings. The predicted octanol–water partition coefficient (Wildman–Crippen LogP) is 6.59. The second-order valence-corrected chi connectivity index (χ2v) is 11.4. The number of aryl methyl sites for hydroxylation is 1. The number of hydrogen-bond donors (Lipinski definition) is 1. The number of nitrogens with one attached hydrogen (secondary N) is 1. The molecule has 2 heterocycles. The van der Waals surface area contributed by atoms with Crippen LogP contribution in [0.4, 0.5) is 5.00 Å². The minimum atomic E-state index is -0.434. The lowest BCUT2D eigenvalue weighted by atomic mass is 9.86. The summed E-state index contributed by atoms with van der Waals surface area (Å²) in [5.74, 6) is -0.165. The maximum atomic E-state index is 13.4. The van der Waals surface area contributed by atoms with Crippen molar-refractivity contribution in [2.75, 3.05) is 11.9 Å². The van der Waals surface area contributed by atoms with Crippen molar-refractivity contribution in [2.24, 2.45) is 0 Å². The molecule has 2 aromatic heterocycles. The van der Waals surface area contributed by atoms with Gasteiger partial charge in [-0.05, 0) is 54.4 Å². The summed E-state index contributed by atoms with van der Waals surface area (Å²) in [6.07, 6.45) is 3.92. The van der Waals surface area contributed by atoms with Gasteiger partial charge >= 0.3 is 0 Å². The first kappa shape index (κ1) is 24.8. The smallest absolute Gasteiger partial charge is 0.262 e. The zero-order valence-corrected chi connectivity index (χ0v) is 22.0. The maximum absolute atomic E-state index is 13.4. The largest absolute Gasteiger partial charge is 0.476 e. The standard InChI is InChI=1S/C30H28N2O4S/c1-30(2,3)19-14-12-18(13-15-19)27-28(26(34)21-9-4-6-10-23(21)36-27)35-17-25(33)32-29-22(16-31)20-8-5-7-11-24(20)37-29/h4,6,9-10,12-15H,5,7-8,11,17H2,1-3H3,(H,32,33). The molecule has 1 N–H and O–H groups in total. The minimum Gasteiger partial charge on any atom is -0.476 e. The number of anilines is 1. The molecular weight excluding hydrogens is 484 g/mol. The third-order valence-corrected chi connectivity index (χ3v) is 7.86. The number of carbonyl (C=O) groups is 1. The molecule has 2 aromatic carbocycles. The van der Waals surface area contributed by atoms with E-state index >= 15 is 0 Å². The molecule has 37 heavy (non-hydrogen) atoms. The Morgan fingerprint density at radius 2 is 1.84 bits per heavy atom. The van der Waals surface area contributed by atoms with Crippen LogP contribution >= 0.6 is 11.3 Å². The van der Waals surface area contributed by atoms with Crippen molar-refractivity contribution in [3.8, 4) is 23.1 Å². The molecule has 4 aromatic rings. The van der Waals surface area contributed by atoms with Crippen LogP contribution in [-0.2, 0) is 23.1 Å². The van der Waals surface area contributed by atoms with Crippen LogP contribution in [0.5, 0.6) is 5.75 Å². The summed E-state index contributed by atoms with van der Waals surface area (Å²) in [6.45, 7) is 6.01. The second kappa shape index (κ2) is 9.87. The van der Waals surface area contributed by atoms with Gasteiger partial charge in [-0.2, -0.15) is 5.26 Å². The topological polar surface area (TPSA) is 92.3 Å². The van der Waals surface area contributed by atoms with Crippen LogP contribution in [0, 0.1) is 11.3 Å². The highest BCUT2D eigenvalue weighted by atomic mass is 32.1. The molecule has 0 saturated heterocycles. The Balaban J connectivity index is 1.45. The van der Waals surface area contributed by atoms with Crippen LogP contribution in [0.2, 0.25) is 0 Å². The summed E-state index contributed by atoms with van der Waals surface area (Å²) >= 11 is 1.45. The average Bonchev–Trinajstić information content (AvgIpc) is 3.24. The van der Waals surface area contributed by atoms with Gasteiger partial charge < -0.3 is 14.5 Å². The molecule has 0 bridgehead atoms. The second-order valence-electron chi connectivity index (χ2n) is 10.3. The number of thiophene rings is 1. The highest BCUT2D eigenvalue weighted by Crippen LogP contribution is 2.38. The number of amides is 1. The Morgan fingerprint density at radius 1 is 1.11 bits per heavy atom. The lowest BCUT2D eigenvalue weighted by molar-refractivity contribution is -0.118. The van der Waals surface area contributed by atoms with E-state index in [1.54, 1.807) is 24.3 Å². The van der Waals surface area contributed by atoms with Crippen molar-refractivity contribution < 1.29 is 13.9 Å². The molecule has 0 saturated carbocycles. The molecule has 0 spiro atoms. The van der Waals surface area contributed by atoms with Crippen LogP contribution in [0.15, 0.2) is 57.7 Å². The number of rotatable bonds is 5. The van der Waals surface area contributed by atoms with Crippen LogP contribution < -0.4 is 15.5 Å². The number of nitrogens with zero attached hydrogens (tertiary/aromatic N) is 1. The number of ether oxygens (including phenoxy) is 1. The first-order valence-electron chi connectivity index (χ1n) is 12.4. The minimum absolute atomic E-state index is 0.0108. The molecule has 7 heteroatoms. The number of fused-ring (bicyclic) bond motifs is 2.